The van der Waals surface area contributed by atoms with Crippen LogP contribution in [0.4, 0.5) is 5.69 Å². The van der Waals surface area contributed by atoms with Gasteiger partial charge < -0.3 is 10.3 Å². The van der Waals surface area contributed by atoms with Gasteiger partial charge in [0.05, 0.1) is 5.69 Å². The molecule has 3 nitrogen and oxygen atoms in total. The van der Waals surface area contributed by atoms with Crippen LogP contribution in [0.2, 0.25) is 0 Å². The lowest BCUT2D eigenvalue weighted by Crippen LogP contribution is -2.25. The Morgan fingerprint density at radius 2 is 2.15 bits per heavy atom. The zero-order valence-corrected chi connectivity index (χ0v) is 11.8. The van der Waals surface area contributed by atoms with Crippen molar-refractivity contribution in [3.8, 4) is 0 Å². The number of hydrogen-bond acceptors (Lipinski definition) is 2. The zero-order valence-electron chi connectivity index (χ0n) is 11.8. The average molecular weight is 268 g/mol. The molecule has 1 atom stereocenters. The van der Waals surface area contributed by atoms with Crippen LogP contribution in [0, 0.1) is 6.92 Å². The Hall–Kier alpha value is -2.03. The lowest BCUT2D eigenvalue weighted by Gasteiger charge is -2.26. The number of hydrogen-bond donors (Lipinski definition) is 1. The first-order valence-electron chi connectivity index (χ1n) is 7.19. The van der Waals surface area contributed by atoms with Gasteiger partial charge in [-0.2, -0.15) is 0 Å². The van der Waals surface area contributed by atoms with Crippen LogP contribution in [-0.2, 0) is 13.0 Å². The van der Waals surface area contributed by atoms with Crippen LogP contribution < -0.4 is 11.3 Å². The minimum atomic E-state index is 0.0414. The Balaban J connectivity index is 1.93. The fourth-order valence-electron chi connectivity index (χ4n) is 3.11. The summed E-state index contributed by atoms with van der Waals surface area (Å²) in [5.41, 5.74) is 10.3. The lowest BCUT2D eigenvalue weighted by atomic mass is 9.83. The molecule has 0 fully saturated rings. The molecule has 0 radical (unpaired) electrons. The van der Waals surface area contributed by atoms with Crippen molar-refractivity contribution in [1.29, 1.82) is 0 Å². The highest BCUT2D eigenvalue weighted by Gasteiger charge is 2.20. The molecule has 2 N–H and O–H groups in total. The summed E-state index contributed by atoms with van der Waals surface area (Å²) in [6.07, 6.45) is 5.27. The smallest absolute Gasteiger partial charge is 0.250 e. The highest BCUT2D eigenvalue weighted by Crippen LogP contribution is 2.32. The van der Waals surface area contributed by atoms with Crippen LogP contribution in [0.5, 0.6) is 0 Å². The number of benzene rings is 1. The average Bonchev–Trinajstić information content (AvgIpc) is 2.45. The van der Waals surface area contributed by atoms with Crippen LogP contribution in [0.3, 0.4) is 0 Å². The van der Waals surface area contributed by atoms with Crippen LogP contribution in [0.15, 0.2) is 41.3 Å². The largest absolute Gasteiger partial charge is 0.397 e. The number of nitrogens with two attached hydrogens (primary N) is 1. The van der Waals surface area contributed by atoms with Gasteiger partial charge in [-0.05, 0) is 42.9 Å². The van der Waals surface area contributed by atoms with Crippen molar-refractivity contribution >= 4 is 5.69 Å². The SMILES string of the molecule is Cc1cc(=O)n(CC2CCCc3ccccc32)cc1N. The topological polar surface area (TPSA) is 48.0 Å². The van der Waals surface area contributed by atoms with E-state index in [1.807, 2.05) is 6.92 Å². The van der Waals surface area contributed by atoms with E-state index in [1.165, 1.54) is 17.5 Å². The summed E-state index contributed by atoms with van der Waals surface area (Å²) in [6, 6.07) is 10.2. The van der Waals surface area contributed by atoms with Crippen molar-refractivity contribution in [1.82, 2.24) is 4.57 Å². The van der Waals surface area contributed by atoms with E-state index >= 15 is 0 Å². The second-order valence-electron chi connectivity index (χ2n) is 5.69. The predicted octanol–water partition coefficient (Wildman–Crippen LogP) is 2.86. The molecule has 0 spiro atoms. The van der Waals surface area contributed by atoms with E-state index in [2.05, 4.69) is 24.3 Å². The molecule has 2 aromatic rings. The third-order valence-corrected chi connectivity index (χ3v) is 4.28. The van der Waals surface area contributed by atoms with E-state index in [0.29, 0.717) is 11.6 Å². The molecule has 3 rings (SSSR count). The summed E-state index contributed by atoms with van der Waals surface area (Å²) >= 11 is 0. The number of fused-ring (bicyclic) bond motifs is 1. The second-order valence-corrected chi connectivity index (χ2v) is 5.69. The Labute approximate surface area is 119 Å². The van der Waals surface area contributed by atoms with E-state index in [1.54, 1.807) is 16.8 Å². The Morgan fingerprint density at radius 3 is 3.00 bits per heavy atom. The molecule has 0 bridgehead atoms. The molecule has 0 saturated carbocycles. The molecule has 0 saturated heterocycles. The van der Waals surface area contributed by atoms with E-state index in [-0.39, 0.29) is 5.56 Å². The Kier molecular flexibility index (Phi) is 3.35. The molecule has 20 heavy (non-hydrogen) atoms. The molecule has 1 unspecified atom stereocenters. The fraction of sp³-hybridized carbons (Fsp3) is 0.353. The summed E-state index contributed by atoms with van der Waals surface area (Å²) in [5.74, 6) is 0.416. The van der Waals surface area contributed by atoms with Crippen molar-refractivity contribution in [2.24, 2.45) is 0 Å². The van der Waals surface area contributed by atoms with Gasteiger partial charge in [-0.25, -0.2) is 0 Å². The van der Waals surface area contributed by atoms with Crippen LogP contribution >= 0.6 is 0 Å². The maximum Gasteiger partial charge on any atom is 0.250 e. The molecule has 0 aliphatic heterocycles. The van der Waals surface area contributed by atoms with Crippen LogP contribution in [0.25, 0.3) is 0 Å². The maximum absolute atomic E-state index is 12.1. The summed E-state index contributed by atoms with van der Waals surface area (Å²) in [5, 5.41) is 0. The number of nitrogen functional groups attached to an aromatic ring is 1. The Bertz CT molecular complexity index is 688. The minimum absolute atomic E-state index is 0.0414. The minimum Gasteiger partial charge on any atom is -0.397 e. The quantitative estimate of drug-likeness (QED) is 0.910. The van der Waals surface area contributed by atoms with Gasteiger partial charge in [0.25, 0.3) is 5.56 Å². The van der Waals surface area contributed by atoms with Crippen molar-refractivity contribution in [3.05, 3.63) is 63.6 Å². The predicted molar refractivity (Wildman–Crippen MR) is 82.0 cm³/mol. The molecule has 3 heteroatoms. The van der Waals surface area contributed by atoms with Gasteiger partial charge >= 0.3 is 0 Å². The van der Waals surface area contributed by atoms with Crippen LogP contribution in [0.1, 0.15) is 35.4 Å². The van der Waals surface area contributed by atoms with Gasteiger partial charge in [0.15, 0.2) is 0 Å². The van der Waals surface area contributed by atoms with Gasteiger partial charge in [-0.3, -0.25) is 4.79 Å². The van der Waals surface area contributed by atoms with Crippen molar-refractivity contribution < 1.29 is 0 Å². The third kappa shape index (κ3) is 2.36. The monoisotopic (exact) mass is 268 g/mol. The first kappa shape index (κ1) is 13.0. The summed E-state index contributed by atoms with van der Waals surface area (Å²) in [4.78, 5) is 12.1. The van der Waals surface area contributed by atoms with E-state index in [4.69, 9.17) is 5.73 Å². The molecular weight excluding hydrogens is 248 g/mol. The molecule has 1 aliphatic rings. The van der Waals surface area contributed by atoms with E-state index < -0.39 is 0 Å². The number of anilines is 1. The number of pyridine rings is 1. The number of aryl methyl sites for hydroxylation is 2. The number of rotatable bonds is 2. The number of aromatic nitrogens is 1. The molecule has 104 valence electrons. The van der Waals surface area contributed by atoms with Gasteiger partial charge in [0, 0.05) is 24.7 Å². The van der Waals surface area contributed by atoms with Crippen LogP contribution in [-0.4, -0.2) is 4.57 Å². The molecular formula is C17H20N2O. The maximum atomic E-state index is 12.1. The summed E-state index contributed by atoms with van der Waals surface area (Å²) in [6.45, 7) is 2.59. The molecule has 1 heterocycles. The molecule has 1 aliphatic carbocycles. The van der Waals surface area contributed by atoms with Crippen molar-refractivity contribution in [2.75, 3.05) is 5.73 Å². The van der Waals surface area contributed by atoms with Gasteiger partial charge in [-0.15, -0.1) is 0 Å². The summed E-state index contributed by atoms with van der Waals surface area (Å²) < 4.78 is 1.76. The second kappa shape index (κ2) is 5.16. The summed E-state index contributed by atoms with van der Waals surface area (Å²) in [7, 11) is 0. The molecule has 1 aromatic heterocycles. The Morgan fingerprint density at radius 1 is 1.35 bits per heavy atom. The fourth-order valence-corrected chi connectivity index (χ4v) is 3.11. The lowest BCUT2D eigenvalue weighted by molar-refractivity contribution is 0.476. The van der Waals surface area contributed by atoms with E-state index in [0.717, 1.165) is 24.9 Å². The van der Waals surface area contributed by atoms with E-state index in [9.17, 15) is 4.79 Å². The number of nitrogens with zero attached hydrogens (tertiary/aromatic N) is 1. The van der Waals surface area contributed by atoms with Crippen molar-refractivity contribution in [3.63, 3.8) is 0 Å². The molecule has 0 amide bonds. The third-order valence-electron chi connectivity index (χ3n) is 4.28. The zero-order chi connectivity index (χ0) is 14.1. The molecule has 1 aromatic carbocycles. The van der Waals surface area contributed by atoms with Crippen molar-refractivity contribution in [2.45, 2.75) is 38.6 Å². The highest BCUT2D eigenvalue weighted by molar-refractivity contribution is 5.43. The first-order valence-corrected chi connectivity index (χ1v) is 7.19. The first-order chi connectivity index (χ1) is 9.65. The van der Waals surface area contributed by atoms with Gasteiger partial charge in [-0.1, -0.05) is 24.3 Å². The highest BCUT2D eigenvalue weighted by atomic mass is 16.1. The van der Waals surface area contributed by atoms with Gasteiger partial charge in [0.2, 0.25) is 0 Å². The van der Waals surface area contributed by atoms with Gasteiger partial charge in [0.1, 0.15) is 0 Å². The standard InChI is InChI=1S/C17H20N2O/c1-12-9-17(20)19(11-16(12)18)10-14-7-4-6-13-5-2-3-8-15(13)14/h2-3,5,8-9,11,14H,4,6-7,10,18H2,1H3. The normalized spacial score (nSPS) is 17.8.